The minimum atomic E-state index is -0.435. The van der Waals surface area contributed by atoms with Gasteiger partial charge in [0.05, 0.1) is 18.0 Å². The molecule has 5 heteroatoms. The third-order valence-electron chi connectivity index (χ3n) is 3.51. The number of carbonyl (C=O) groups excluding carboxylic acids is 1. The van der Waals surface area contributed by atoms with E-state index in [4.69, 9.17) is 4.74 Å². The van der Waals surface area contributed by atoms with Gasteiger partial charge in [0.1, 0.15) is 11.3 Å². The number of pyridine rings is 1. The Labute approximate surface area is 140 Å². The van der Waals surface area contributed by atoms with Crippen molar-refractivity contribution in [2.45, 2.75) is 13.8 Å². The number of benzene rings is 1. The molecular weight excluding hydrogens is 302 g/mol. The van der Waals surface area contributed by atoms with E-state index in [2.05, 4.69) is 15.0 Å². The highest BCUT2D eigenvalue weighted by molar-refractivity contribution is 5.97. The molecule has 2 heterocycles. The van der Waals surface area contributed by atoms with Crippen LogP contribution in [-0.4, -0.2) is 27.5 Å². The quantitative estimate of drug-likeness (QED) is 0.686. The number of carbonyl (C=O) groups is 1. The number of nitrogens with zero attached hydrogens (tertiary/aromatic N) is 3. The molecule has 0 radical (unpaired) electrons. The number of aromatic nitrogens is 3. The maximum Gasteiger partial charge on any atom is 0.342 e. The van der Waals surface area contributed by atoms with E-state index in [0.29, 0.717) is 35.1 Å². The zero-order chi connectivity index (χ0) is 16.9. The van der Waals surface area contributed by atoms with Crippen LogP contribution in [0.5, 0.6) is 0 Å². The smallest absolute Gasteiger partial charge is 0.342 e. The molecule has 0 amide bonds. The van der Waals surface area contributed by atoms with Crippen LogP contribution in [0, 0.1) is 6.92 Å². The molecule has 0 aliphatic heterocycles. The lowest BCUT2D eigenvalue weighted by Crippen LogP contribution is -2.12. The monoisotopic (exact) mass is 319 g/mol. The Morgan fingerprint density at radius 1 is 1.04 bits per heavy atom. The van der Waals surface area contributed by atoms with E-state index in [1.54, 1.807) is 20.0 Å². The van der Waals surface area contributed by atoms with Gasteiger partial charge in [0.25, 0.3) is 0 Å². The van der Waals surface area contributed by atoms with Gasteiger partial charge < -0.3 is 4.74 Å². The van der Waals surface area contributed by atoms with Crippen LogP contribution in [-0.2, 0) is 4.74 Å². The Morgan fingerprint density at radius 2 is 1.79 bits per heavy atom. The number of hydrogen-bond donors (Lipinski definition) is 0. The second-order valence-electron chi connectivity index (χ2n) is 5.16. The fourth-order valence-corrected chi connectivity index (χ4v) is 2.43. The zero-order valence-corrected chi connectivity index (χ0v) is 13.6. The topological polar surface area (TPSA) is 65.0 Å². The molecule has 0 bridgehead atoms. The lowest BCUT2D eigenvalue weighted by Gasteiger charge is -2.12. The van der Waals surface area contributed by atoms with Crippen LogP contribution < -0.4 is 0 Å². The number of esters is 1. The summed E-state index contributed by atoms with van der Waals surface area (Å²) < 4.78 is 5.17. The van der Waals surface area contributed by atoms with Crippen molar-refractivity contribution in [3.8, 4) is 22.8 Å². The maximum absolute atomic E-state index is 12.4. The Balaban J connectivity index is 2.21. The van der Waals surface area contributed by atoms with Gasteiger partial charge in [-0.3, -0.25) is 4.98 Å². The SMILES string of the molecule is CCOC(=O)c1c(C)nc(-c2ccccc2)nc1-c1ccccn1. The van der Waals surface area contributed by atoms with E-state index in [-0.39, 0.29) is 0 Å². The molecule has 3 aromatic rings. The molecule has 0 unspecified atom stereocenters. The van der Waals surface area contributed by atoms with Crippen molar-refractivity contribution in [1.82, 2.24) is 15.0 Å². The molecule has 0 aliphatic carbocycles. The van der Waals surface area contributed by atoms with Crippen molar-refractivity contribution in [2.75, 3.05) is 6.61 Å². The molecule has 0 fully saturated rings. The van der Waals surface area contributed by atoms with Crippen molar-refractivity contribution in [2.24, 2.45) is 0 Å². The molecule has 0 N–H and O–H groups in total. The zero-order valence-electron chi connectivity index (χ0n) is 13.6. The summed E-state index contributed by atoms with van der Waals surface area (Å²) in [5, 5.41) is 0. The van der Waals surface area contributed by atoms with Gasteiger partial charge in [-0.1, -0.05) is 36.4 Å². The van der Waals surface area contributed by atoms with Crippen LogP contribution >= 0.6 is 0 Å². The second kappa shape index (κ2) is 7.00. The lowest BCUT2D eigenvalue weighted by atomic mass is 10.1. The van der Waals surface area contributed by atoms with Crippen molar-refractivity contribution in [3.05, 3.63) is 66.0 Å². The molecule has 0 atom stereocenters. The van der Waals surface area contributed by atoms with Gasteiger partial charge in [-0.2, -0.15) is 0 Å². The predicted octanol–water partition coefficient (Wildman–Crippen LogP) is 3.69. The van der Waals surface area contributed by atoms with Crippen LogP contribution in [0.25, 0.3) is 22.8 Å². The third kappa shape index (κ3) is 3.15. The first kappa shape index (κ1) is 15.8. The fraction of sp³-hybridized carbons (Fsp3) is 0.158. The molecule has 5 nitrogen and oxygen atoms in total. The van der Waals surface area contributed by atoms with E-state index < -0.39 is 5.97 Å². The van der Waals surface area contributed by atoms with Gasteiger partial charge in [-0.25, -0.2) is 14.8 Å². The normalized spacial score (nSPS) is 10.4. The van der Waals surface area contributed by atoms with Gasteiger partial charge in [-0.15, -0.1) is 0 Å². The minimum Gasteiger partial charge on any atom is -0.462 e. The summed E-state index contributed by atoms with van der Waals surface area (Å²) in [6.07, 6.45) is 1.67. The lowest BCUT2D eigenvalue weighted by molar-refractivity contribution is 0.0525. The van der Waals surface area contributed by atoms with Crippen molar-refractivity contribution >= 4 is 5.97 Å². The molecule has 0 saturated carbocycles. The Morgan fingerprint density at radius 3 is 2.46 bits per heavy atom. The summed E-state index contributed by atoms with van der Waals surface area (Å²) in [6, 6.07) is 15.1. The summed E-state index contributed by atoms with van der Waals surface area (Å²) in [5.41, 5.74) is 2.91. The largest absolute Gasteiger partial charge is 0.462 e. The number of hydrogen-bond acceptors (Lipinski definition) is 5. The van der Waals surface area contributed by atoms with Crippen LogP contribution in [0.4, 0.5) is 0 Å². The average molecular weight is 319 g/mol. The van der Waals surface area contributed by atoms with Crippen LogP contribution in [0.3, 0.4) is 0 Å². The second-order valence-corrected chi connectivity index (χ2v) is 5.16. The van der Waals surface area contributed by atoms with E-state index in [9.17, 15) is 4.79 Å². The molecule has 120 valence electrons. The molecule has 0 saturated heterocycles. The van der Waals surface area contributed by atoms with Crippen LogP contribution in [0.1, 0.15) is 23.0 Å². The van der Waals surface area contributed by atoms with Crippen molar-refractivity contribution < 1.29 is 9.53 Å². The molecular formula is C19H17N3O2. The summed E-state index contributed by atoms with van der Waals surface area (Å²) in [6.45, 7) is 3.85. The van der Waals surface area contributed by atoms with Crippen LogP contribution in [0.2, 0.25) is 0 Å². The predicted molar refractivity (Wildman–Crippen MR) is 91.4 cm³/mol. The summed E-state index contributed by atoms with van der Waals surface area (Å²) in [7, 11) is 0. The van der Waals surface area contributed by atoms with Gasteiger partial charge >= 0.3 is 5.97 Å². The summed E-state index contributed by atoms with van der Waals surface area (Å²) in [5.74, 6) is 0.122. The van der Waals surface area contributed by atoms with Gasteiger partial charge in [0.15, 0.2) is 5.82 Å². The van der Waals surface area contributed by atoms with E-state index in [0.717, 1.165) is 5.56 Å². The number of ether oxygens (including phenoxy) is 1. The summed E-state index contributed by atoms with van der Waals surface area (Å²) in [4.78, 5) is 25.8. The summed E-state index contributed by atoms with van der Waals surface area (Å²) >= 11 is 0. The molecule has 1 aromatic carbocycles. The first-order valence-corrected chi connectivity index (χ1v) is 7.73. The van der Waals surface area contributed by atoms with Crippen molar-refractivity contribution in [1.29, 1.82) is 0 Å². The highest BCUT2D eigenvalue weighted by Crippen LogP contribution is 2.26. The number of aryl methyl sites for hydroxylation is 1. The molecule has 0 spiro atoms. The van der Waals surface area contributed by atoms with Gasteiger partial charge in [0, 0.05) is 11.8 Å². The highest BCUT2D eigenvalue weighted by Gasteiger charge is 2.22. The molecule has 2 aromatic heterocycles. The van der Waals surface area contributed by atoms with Crippen molar-refractivity contribution in [3.63, 3.8) is 0 Å². The number of rotatable bonds is 4. The fourth-order valence-electron chi connectivity index (χ4n) is 2.43. The maximum atomic E-state index is 12.4. The molecule has 24 heavy (non-hydrogen) atoms. The third-order valence-corrected chi connectivity index (χ3v) is 3.51. The van der Waals surface area contributed by atoms with E-state index in [1.807, 2.05) is 48.5 Å². The Hall–Kier alpha value is -3.08. The standard InChI is InChI=1S/C19H17N3O2/c1-3-24-19(23)16-13(2)21-18(14-9-5-4-6-10-14)22-17(16)15-11-7-8-12-20-15/h4-12H,3H2,1-2H3. The van der Waals surface area contributed by atoms with Gasteiger partial charge in [-0.05, 0) is 26.0 Å². The first-order chi connectivity index (χ1) is 11.7. The highest BCUT2D eigenvalue weighted by atomic mass is 16.5. The van der Waals surface area contributed by atoms with E-state index >= 15 is 0 Å². The molecule has 3 rings (SSSR count). The Bertz CT molecular complexity index is 849. The van der Waals surface area contributed by atoms with E-state index in [1.165, 1.54) is 0 Å². The average Bonchev–Trinajstić information content (AvgIpc) is 2.62. The minimum absolute atomic E-state index is 0.292. The Kier molecular flexibility index (Phi) is 4.61. The first-order valence-electron chi connectivity index (χ1n) is 7.73. The molecule has 0 aliphatic rings. The van der Waals surface area contributed by atoms with Crippen LogP contribution in [0.15, 0.2) is 54.7 Å². The van der Waals surface area contributed by atoms with Gasteiger partial charge in [0.2, 0.25) is 0 Å².